The molecule has 0 aliphatic heterocycles. The third kappa shape index (κ3) is 9.98. The van der Waals surface area contributed by atoms with Crippen molar-refractivity contribution in [1.29, 1.82) is 0 Å². The highest BCUT2D eigenvalue weighted by atomic mass is 16.5. The minimum atomic E-state index is -0.401. The van der Waals surface area contributed by atoms with E-state index in [0.717, 1.165) is 44.8 Å². The average molecular weight is 794 g/mol. The number of rotatable bonds is 13. The molecule has 0 radical (unpaired) electrons. The molecule has 306 valence electrons. The normalized spacial score (nSPS) is 11.4. The zero-order valence-electron chi connectivity index (χ0n) is 36.7. The summed E-state index contributed by atoms with van der Waals surface area (Å²) in [5.41, 5.74) is 17.8. The number of fused-ring (bicyclic) bond motifs is 1. The van der Waals surface area contributed by atoms with Gasteiger partial charge in [0.2, 0.25) is 0 Å². The van der Waals surface area contributed by atoms with E-state index in [2.05, 4.69) is 185 Å². The molecule has 5 heteroatoms. The molecule has 7 aromatic rings. The van der Waals surface area contributed by atoms with Crippen molar-refractivity contribution in [2.75, 3.05) is 22.6 Å². The maximum Gasteiger partial charge on any atom is 0.333 e. The van der Waals surface area contributed by atoms with Gasteiger partial charge < -0.3 is 20.7 Å². The molecule has 5 nitrogen and oxygen atoms in total. The van der Waals surface area contributed by atoms with Gasteiger partial charge in [-0.05, 0) is 129 Å². The van der Waals surface area contributed by atoms with Crippen LogP contribution in [0.3, 0.4) is 0 Å². The minimum Gasteiger partial charge on any atom is -0.460 e. The SMILES string of the molecule is C=C(C)C(=O)OCC(Nc1ccc(C(c2ccc(Nc3c(C)cc(C)cc3C)cc2)c2ccc(Nc3c(C)cc(C)cc3C)cc2)c2ccccc12)c1ccccc1.CC. The zero-order valence-corrected chi connectivity index (χ0v) is 36.7. The van der Waals surface area contributed by atoms with Crippen molar-refractivity contribution >= 4 is 45.2 Å². The number of carbonyl (C=O) groups is 1. The molecule has 0 aliphatic carbocycles. The lowest BCUT2D eigenvalue weighted by Gasteiger charge is -2.25. The molecule has 1 unspecified atom stereocenters. The third-order valence-corrected chi connectivity index (χ3v) is 10.9. The summed E-state index contributed by atoms with van der Waals surface area (Å²) >= 11 is 0. The monoisotopic (exact) mass is 793 g/mol. The summed E-state index contributed by atoms with van der Waals surface area (Å²) < 4.78 is 5.70. The maximum atomic E-state index is 12.5. The molecule has 60 heavy (non-hydrogen) atoms. The van der Waals surface area contributed by atoms with Crippen molar-refractivity contribution in [3.8, 4) is 0 Å². The highest BCUT2D eigenvalue weighted by Crippen LogP contribution is 2.41. The van der Waals surface area contributed by atoms with Crippen molar-refractivity contribution in [1.82, 2.24) is 0 Å². The van der Waals surface area contributed by atoms with E-state index in [4.69, 9.17) is 4.74 Å². The van der Waals surface area contributed by atoms with E-state index in [1.165, 1.54) is 50.1 Å². The Kier molecular flexibility index (Phi) is 13.9. The van der Waals surface area contributed by atoms with Gasteiger partial charge in [0.05, 0.1) is 6.04 Å². The van der Waals surface area contributed by atoms with Crippen molar-refractivity contribution in [3.05, 3.63) is 207 Å². The van der Waals surface area contributed by atoms with Gasteiger partial charge in [0, 0.05) is 45.3 Å². The van der Waals surface area contributed by atoms with E-state index in [9.17, 15) is 4.79 Å². The van der Waals surface area contributed by atoms with Gasteiger partial charge in [-0.15, -0.1) is 0 Å². The smallest absolute Gasteiger partial charge is 0.333 e. The van der Waals surface area contributed by atoms with Crippen LogP contribution in [0.25, 0.3) is 10.8 Å². The van der Waals surface area contributed by atoms with Gasteiger partial charge in [0.15, 0.2) is 0 Å². The molecule has 0 aromatic heterocycles. The summed E-state index contributed by atoms with van der Waals surface area (Å²) in [6, 6.07) is 49.5. The molecule has 1 atom stereocenters. The second-order valence-electron chi connectivity index (χ2n) is 15.7. The summed E-state index contributed by atoms with van der Waals surface area (Å²) in [6.45, 7) is 22.5. The van der Waals surface area contributed by atoms with Crippen LogP contribution >= 0.6 is 0 Å². The van der Waals surface area contributed by atoms with Gasteiger partial charge in [0.1, 0.15) is 6.61 Å². The van der Waals surface area contributed by atoms with Gasteiger partial charge >= 0.3 is 5.97 Å². The maximum absolute atomic E-state index is 12.5. The molecule has 0 amide bonds. The quantitative estimate of drug-likeness (QED) is 0.0617. The van der Waals surface area contributed by atoms with Crippen molar-refractivity contribution in [3.63, 3.8) is 0 Å². The van der Waals surface area contributed by atoms with Crippen LogP contribution in [0.4, 0.5) is 28.4 Å². The van der Waals surface area contributed by atoms with Gasteiger partial charge in [0.25, 0.3) is 0 Å². The number of ether oxygens (including phenoxy) is 1. The molecule has 0 bridgehead atoms. The standard InChI is InChI=1S/C53H53N3O2.C2H6/c1-33(2)53(57)58-32-49(40-14-10-9-11-15-40)56-48-27-26-47(45-16-12-13-17-46(45)48)50(41-18-22-43(23-19-41)54-51-36(5)28-34(3)29-37(51)6)42-20-24-44(25-21-42)55-52-38(7)30-35(4)31-39(52)8;1-2/h9-31,49-50,54-56H,1,32H2,2-8H3;1-2H3. The fourth-order valence-corrected chi connectivity index (χ4v) is 8.19. The molecular formula is C55H59N3O2. The summed E-state index contributed by atoms with van der Waals surface area (Å²) in [5.74, 6) is -0.462. The lowest BCUT2D eigenvalue weighted by atomic mass is 9.82. The average Bonchev–Trinajstić information content (AvgIpc) is 3.24. The van der Waals surface area contributed by atoms with Crippen LogP contribution in [0.5, 0.6) is 0 Å². The highest BCUT2D eigenvalue weighted by molar-refractivity contribution is 5.97. The molecule has 0 spiro atoms. The molecule has 0 heterocycles. The van der Waals surface area contributed by atoms with Crippen LogP contribution in [-0.4, -0.2) is 12.6 Å². The number of hydrogen-bond acceptors (Lipinski definition) is 5. The Balaban J connectivity index is 0.00000297. The summed E-state index contributed by atoms with van der Waals surface area (Å²) in [7, 11) is 0. The van der Waals surface area contributed by atoms with Crippen LogP contribution in [0.1, 0.15) is 88.4 Å². The first-order valence-electron chi connectivity index (χ1n) is 21.0. The minimum absolute atomic E-state index is 0.0609. The number of benzene rings is 7. The van der Waals surface area contributed by atoms with E-state index < -0.39 is 5.97 Å². The predicted molar refractivity (Wildman–Crippen MR) is 256 cm³/mol. The molecule has 0 saturated carbocycles. The predicted octanol–water partition coefficient (Wildman–Crippen LogP) is 14.7. The second-order valence-corrected chi connectivity index (χ2v) is 15.7. The van der Waals surface area contributed by atoms with Crippen LogP contribution in [0.15, 0.2) is 152 Å². The Morgan fingerprint density at radius 2 is 1.02 bits per heavy atom. The Labute approximate surface area is 357 Å². The first kappa shape index (κ1) is 43.0. The Morgan fingerprint density at radius 1 is 0.567 bits per heavy atom. The van der Waals surface area contributed by atoms with E-state index in [-0.39, 0.29) is 18.6 Å². The summed E-state index contributed by atoms with van der Waals surface area (Å²) in [5, 5.41) is 13.4. The van der Waals surface area contributed by atoms with Crippen molar-refractivity contribution in [2.45, 2.75) is 74.3 Å². The zero-order chi connectivity index (χ0) is 42.9. The number of nitrogens with one attached hydrogen (secondary N) is 3. The molecular weight excluding hydrogens is 735 g/mol. The van der Waals surface area contributed by atoms with Crippen LogP contribution in [-0.2, 0) is 9.53 Å². The first-order valence-corrected chi connectivity index (χ1v) is 21.0. The first-order chi connectivity index (χ1) is 28.9. The molecule has 7 aromatic carbocycles. The van der Waals surface area contributed by atoms with Crippen LogP contribution in [0.2, 0.25) is 0 Å². The van der Waals surface area contributed by atoms with Crippen LogP contribution in [0, 0.1) is 41.5 Å². The van der Waals surface area contributed by atoms with E-state index in [1.807, 2.05) is 32.0 Å². The number of hydrogen-bond donors (Lipinski definition) is 3. The number of carbonyl (C=O) groups excluding carboxylic acids is 1. The third-order valence-electron chi connectivity index (χ3n) is 10.9. The lowest BCUT2D eigenvalue weighted by molar-refractivity contribution is -0.139. The molecule has 0 fully saturated rings. The summed E-state index contributed by atoms with van der Waals surface area (Å²) in [6.07, 6.45) is 0. The van der Waals surface area contributed by atoms with Gasteiger partial charge in [-0.25, -0.2) is 4.79 Å². The molecule has 0 aliphatic rings. The van der Waals surface area contributed by atoms with E-state index >= 15 is 0 Å². The van der Waals surface area contributed by atoms with E-state index in [0.29, 0.717) is 5.57 Å². The van der Waals surface area contributed by atoms with E-state index in [1.54, 1.807) is 6.92 Å². The second kappa shape index (κ2) is 19.4. The molecule has 3 N–H and O–H groups in total. The number of aryl methyl sites for hydroxylation is 6. The Morgan fingerprint density at radius 3 is 1.48 bits per heavy atom. The van der Waals surface area contributed by atoms with Gasteiger partial charge in [-0.1, -0.05) is 141 Å². The largest absolute Gasteiger partial charge is 0.460 e. The molecule has 7 rings (SSSR count). The Bertz CT molecular complexity index is 2440. The summed E-state index contributed by atoms with van der Waals surface area (Å²) in [4.78, 5) is 12.5. The van der Waals surface area contributed by atoms with Crippen molar-refractivity contribution in [2.24, 2.45) is 0 Å². The highest BCUT2D eigenvalue weighted by Gasteiger charge is 2.22. The van der Waals surface area contributed by atoms with Gasteiger partial charge in [-0.3, -0.25) is 0 Å². The fourth-order valence-electron chi connectivity index (χ4n) is 8.19. The number of anilines is 5. The van der Waals surface area contributed by atoms with Gasteiger partial charge in [-0.2, -0.15) is 0 Å². The topological polar surface area (TPSA) is 62.4 Å². The Hall–Kier alpha value is -6.59. The molecule has 0 saturated heterocycles. The fraction of sp³-hybridized carbons (Fsp3) is 0.218. The van der Waals surface area contributed by atoms with Crippen molar-refractivity contribution < 1.29 is 9.53 Å². The van der Waals surface area contributed by atoms with Crippen LogP contribution < -0.4 is 16.0 Å². The lowest BCUT2D eigenvalue weighted by Crippen LogP contribution is -2.20. The number of esters is 1.